The Bertz CT molecular complexity index is 325. The smallest absolute Gasteiger partial charge is 0.422 e. The fourth-order valence-corrected chi connectivity index (χ4v) is 0.784. The minimum absolute atomic E-state index is 0.181. The SMILES string of the molecule is N=Cc1cccnc1OCC(F)(F)F. The number of pyridine rings is 1. The van der Waals surface area contributed by atoms with Gasteiger partial charge in [0.1, 0.15) is 0 Å². The molecule has 0 spiro atoms. The number of hydrogen-bond donors (Lipinski definition) is 1. The molecular weight excluding hydrogens is 197 g/mol. The van der Waals surface area contributed by atoms with E-state index in [1.54, 1.807) is 0 Å². The second-order valence-corrected chi connectivity index (χ2v) is 2.45. The molecule has 0 saturated carbocycles. The molecule has 1 N–H and O–H groups in total. The van der Waals surface area contributed by atoms with Crippen LogP contribution in [0, 0.1) is 5.41 Å². The predicted octanol–water partition coefficient (Wildman–Crippen LogP) is 2.02. The molecule has 0 aromatic carbocycles. The van der Waals surface area contributed by atoms with Crippen LogP contribution in [0.5, 0.6) is 5.88 Å². The standard InChI is InChI=1S/C8H7F3N2O/c9-8(10,11)5-14-7-6(4-12)2-1-3-13-7/h1-4,12H,5H2. The van der Waals surface area contributed by atoms with E-state index in [0.29, 0.717) is 0 Å². The number of nitrogens with zero attached hydrogens (tertiary/aromatic N) is 1. The Labute approximate surface area is 78.0 Å². The van der Waals surface area contributed by atoms with Crippen molar-refractivity contribution >= 4 is 6.21 Å². The third-order valence-corrected chi connectivity index (χ3v) is 1.33. The predicted molar refractivity (Wildman–Crippen MR) is 43.7 cm³/mol. The van der Waals surface area contributed by atoms with Gasteiger partial charge in [0.2, 0.25) is 5.88 Å². The molecule has 14 heavy (non-hydrogen) atoms. The van der Waals surface area contributed by atoms with Gasteiger partial charge in [0, 0.05) is 12.4 Å². The van der Waals surface area contributed by atoms with Gasteiger partial charge in [-0.1, -0.05) is 0 Å². The molecule has 1 aromatic rings. The maximum Gasteiger partial charge on any atom is 0.422 e. The van der Waals surface area contributed by atoms with Crippen molar-refractivity contribution in [3.63, 3.8) is 0 Å². The Morgan fingerprint density at radius 2 is 2.21 bits per heavy atom. The van der Waals surface area contributed by atoms with Gasteiger partial charge in [0.25, 0.3) is 0 Å². The van der Waals surface area contributed by atoms with E-state index in [1.807, 2.05) is 0 Å². The number of hydrogen-bond acceptors (Lipinski definition) is 3. The Morgan fingerprint density at radius 1 is 1.50 bits per heavy atom. The van der Waals surface area contributed by atoms with Crippen LogP contribution in [0.25, 0.3) is 0 Å². The third-order valence-electron chi connectivity index (χ3n) is 1.33. The van der Waals surface area contributed by atoms with Crippen molar-refractivity contribution < 1.29 is 17.9 Å². The molecule has 76 valence electrons. The van der Waals surface area contributed by atoms with E-state index in [0.717, 1.165) is 6.21 Å². The summed E-state index contributed by atoms with van der Waals surface area (Å²) in [4.78, 5) is 3.58. The van der Waals surface area contributed by atoms with Crippen molar-refractivity contribution in [3.8, 4) is 5.88 Å². The molecule has 1 aromatic heterocycles. The Hall–Kier alpha value is -1.59. The number of rotatable bonds is 3. The number of halogens is 3. The lowest BCUT2D eigenvalue weighted by Crippen LogP contribution is -2.20. The van der Waals surface area contributed by atoms with Gasteiger partial charge in [0.15, 0.2) is 6.61 Å². The number of alkyl halides is 3. The van der Waals surface area contributed by atoms with E-state index in [2.05, 4.69) is 9.72 Å². The molecule has 6 heteroatoms. The van der Waals surface area contributed by atoms with Crippen LogP contribution in [0.3, 0.4) is 0 Å². The zero-order valence-corrected chi connectivity index (χ0v) is 7.01. The summed E-state index contributed by atoms with van der Waals surface area (Å²) in [6, 6.07) is 2.96. The van der Waals surface area contributed by atoms with Crippen molar-refractivity contribution in [2.75, 3.05) is 6.61 Å². The zero-order valence-electron chi connectivity index (χ0n) is 7.01. The molecule has 1 heterocycles. The molecule has 1 rings (SSSR count). The summed E-state index contributed by atoms with van der Waals surface area (Å²) in [7, 11) is 0. The molecule has 0 fully saturated rings. The van der Waals surface area contributed by atoms with Crippen LogP contribution >= 0.6 is 0 Å². The summed E-state index contributed by atoms with van der Waals surface area (Å²) < 4.78 is 39.7. The van der Waals surface area contributed by atoms with Crippen LogP contribution in [0.15, 0.2) is 18.3 Å². The first kappa shape index (κ1) is 10.5. The highest BCUT2D eigenvalue weighted by Gasteiger charge is 2.28. The van der Waals surface area contributed by atoms with Crippen LogP contribution in [0.1, 0.15) is 5.56 Å². The fourth-order valence-electron chi connectivity index (χ4n) is 0.784. The van der Waals surface area contributed by atoms with E-state index in [9.17, 15) is 13.2 Å². The average Bonchev–Trinajstić information content (AvgIpc) is 2.14. The minimum atomic E-state index is -4.39. The van der Waals surface area contributed by atoms with Gasteiger partial charge < -0.3 is 10.1 Å². The fraction of sp³-hybridized carbons (Fsp3) is 0.250. The first-order valence-corrected chi connectivity index (χ1v) is 3.68. The molecule has 0 amide bonds. The maximum atomic E-state index is 11.8. The lowest BCUT2D eigenvalue weighted by Gasteiger charge is -2.09. The van der Waals surface area contributed by atoms with Crippen LogP contribution < -0.4 is 4.74 Å². The van der Waals surface area contributed by atoms with Crippen LogP contribution in [-0.2, 0) is 0 Å². The van der Waals surface area contributed by atoms with Crippen molar-refractivity contribution in [1.82, 2.24) is 4.98 Å². The highest BCUT2D eigenvalue weighted by Crippen LogP contribution is 2.18. The minimum Gasteiger partial charge on any atom is -0.468 e. The second-order valence-electron chi connectivity index (χ2n) is 2.45. The van der Waals surface area contributed by atoms with Crippen molar-refractivity contribution in [1.29, 1.82) is 5.41 Å². The summed E-state index contributed by atoms with van der Waals surface area (Å²) in [6.45, 7) is -1.40. The van der Waals surface area contributed by atoms with E-state index >= 15 is 0 Å². The normalized spacial score (nSPS) is 11.1. The quantitative estimate of drug-likeness (QED) is 0.765. The largest absolute Gasteiger partial charge is 0.468 e. The first-order valence-electron chi connectivity index (χ1n) is 3.68. The molecule has 0 bridgehead atoms. The van der Waals surface area contributed by atoms with E-state index in [-0.39, 0.29) is 11.4 Å². The highest BCUT2D eigenvalue weighted by atomic mass is 19.4. The van der Waals surface area contributed by atoms with Crippen molar-refractivity contribution in [2.45, 2.75) is 6.18 Å². The molecular formula is C8H7F3N2O. The summed E-state index contributed by atoms with van der Waals surface area (Å²) >= 11 is 0. The highest BCUT2D eigenvalue weighted by molar-refractivity contribution is 5.79. The van der Waals surface area contributed by atoms with Gasteiger partial charge in [-0.05, 0) is 12.1 Å². The second kappa shape index (κ2) is 4.08. The third kappa shape index (κ3) is 3.04. The lowest BCUT2D eigenvalue weighted by molar-refractivity contribution is -0.154. The molecule has 0 aliphatic rings. The van der Waals surface area contributed by atoms with Gasteiger partial charge in [-0.15, -0.1) is 0 Å². The van der Waals surface area contributed by atoms with Gasteiger partial charge in [-0.25, -0.2) is 4.98 Å². The van der Waals surface area contributed by atoms with Gasteiger partial charge in [0.05, 0.1) is 5.56 Å². The number of ether oxygens (including phenoxy) is 1. The molecule has 0 aliphatic carbocycles. The average molecular weight is 204 g/mol. The summed E-state index contributed by atoms with van der Waals surface area (Å²) in [6.07, 6.45) is -2.20. The lowest BCUT2D eigenvalue weighted by atomic mass is 10.3. The van der Waals surface area contributed by atoms with Crippen LogP contribution in [0.4, 0.5) is 13.2 Å². The molecule has 0 radical (unpaired) electrons. The molecule has 0 atom stereocenters. The van der Waals surface area contributed by atoms with Crippen molar-refractivity contribution in [3.05, 3.63) is 23.9 Å². The molecule has 0 aliphatic heterocycles. The topological polar surface area (TPSA) is 46.0 Å². The van der Waals surface area contributed by atoms with E-state index in [1.165, 1.54) is 18.3 Å². The van der Waals surface area contributed by atoms with Crippen LogP contribution in [-0.4, -0.2) is 24.0 Å². The maximum absolute atomic E-state index is 11.8. The van der Waals surface area contributed by atoms with Gasteiger partial charge in [-0.2, -0.15) is 13.2 Å². The Kier molecular flexibility index (Phi) is 3.06. The summed E-state index contributed by atoms with van der Waals surface area (Å²) in [5.74, 6) is -0.181. The van der Waals surface area contributed by atoms with E-state index in [4.69, 9.17) is 5.41 Å². The first-order chi connectivity index (χ1) is 6.53. The van der Waals surface area contributed by atoms with E-state index < -0.39 is 12.8 Å². The molecule has 0 saturated heterocycles. The monoisotopic (exact) mass is 204 g/mol. The number of aromatic nitrogens is 1. The van der Waals surface area contributed by atoms with Crippen LogP contribution in [0.2, 0.25) is 0 Å². The zero-order chi connectivity index (χ0) is 10.6. The van der Waals surface area contributed by atoms with Gasteiger partial charge >= 0.3 is 6.18 Å². The summed E-state index contributed by atoms with van der Waals surface area (Å²) in [5, 5.41) is 6.89. The Morgan fingerprint density at radius 3 is 2.79 bits per heavy atom. The number of nitrogens with one attached hydrogen (secondary N) is 1. The molecule has 0 unspecified atom stereocenters. The molecule has 3 nitrogen and oxygen atoms in total. The Balaban J connectivity index is 2.71. The van der Waals surface area contributed by atoms with Crippen molar-refractivity contribution in [2.24, 2.45) is 0 Å². The summed E-state index contributed by atoms with van der Waals surface area (Å²) in [5.41, 5.74) is 0.219. The van der Waals surface area contributed by atoms with Gasteiger partial charge in [-0.3, -0.25) is 0 Å².